The average molecular weight is 449 g/mol. The Balaban J connectivity index is 2.10. The van der Waals surface area contributed by atoms with E-state index in [-0.39, 0.29) is 12.5 Å². The molecular weight excluding hydrogens is 412 g/mol. The lowest BCUT2D eigenvalue weighted by atomic mass is 9.77. The number of nitrogens with zero attached hydrogens (tertiary/aromatic N) is 1. The molecule has 2 rings (SSSR count). The van der Waals surface area contributed by atoms with E-state index in [9.17, 15) is 13.5 Å². The fourth-order valence-corrected chi connectivity index (χ4v) is 4.25. The van der Waals surface area contributed by atoms with E-state index in [0.29, 0.717) is 12.3 Å². The van der Waals surface area contributed by atoms with Gasteiger partial charge in [0, 0.05) is 5.41 Å². The van der Waals surface area contributed by atoms with Crippen molar-refractivity contribution in [2.24, 2.45) is 0 Å². The Hall–Kier alpha value is -1.93. The topological polar surface area (TPSA) is 78.9 Å². The summed E-state index contributed by atoms with van der Waals surface area (Å²) < 4.78 is 32.1. The van der Waals surface area contributed by atoms with Crippen molar-refractivity contribution >= 4 is 15.7 Å². The van der Waals surface area contributed by atoms with E-state index in [0.717, 1.165) is 30.4 Å². The van der Waals surface area contributed by atoms with Gasteiger partial charge in [0.25, 0.3) is 0 Å². The predicted octanol–water partition coefficient (Wildman–Crippen LogP) is 4.35. The summed E-state index contributed by atoms with van der Waals surface area (Å²) in [5, 5.41) is 10.6. The lowest BCUT2D eigenvalue weighted by Crippen LogP contribution is -2.45. The quantitative estimate of drug-likeness (QED) is 0.271. The highest BCUT2D eigenvalue weighted by atomic mass is 32.2. The third-order valence-corrected chi connectivity index (χ3v) is 7.20. The molecule has 0 saturated carbocycles. The molecule has 0 aliphatic heterocycles. The summed E-state index contributed by atoms with van der Waals surface area (Å²) in [5.74, 6) is -0.0400. The van der Waals surface area contributed by atoms with Crippen molar-refractivity contribution in [1.29, 1.82) is 0 Å². The minimum absolute atomic E-state index is 0.0400. The van der Waals surface area contributed by atoms with Crippen molar-refractivity contribution in [3.05, 3.63) is 65.7 Å². The van der Waals surface area contributed by atoms with Gasteiger partial charge in [-0.1, -0.05) is 76.1 Å². The number of anilines is 1. The average Bonchev–Trinajstić information content (AvgIpc) is 2.78. The fraction of sp³-hybridized carbons (Fsp3) is 0.500. The third-order valence-electron chi connectivity index (χ3n) is 5.57. The summed E-state index contributed by atoms with van der Waals surface area (Å²) in [4.78, 5) is 0. The molecular formula is C24H36N2O4S. The zero-order chi connectivity index (χ0) is 22.9. The van der Waals surface area contributed by atoms with Crippen LogP contribution >= 0.6 is 0 Å². The van der Waals surface area contributed by atoms with Crippen LogP contribution in [0.3, 0.4) is 0 Å². The number of unbranched alkanes of at least 4 members (excludes halogenated alkanes) is 1. The first-order valence-corrected chi connectivity index (χ1v) is 12.5. The molecule has 6 nitrogen and oxygen atoms in total. The van der Waals surface area contributed by atoms with Crippen LogP contribution in [0.25, 0.3) is 0 Å². The van der Waals surface area contributed by atoms with Gasteiger partial charge in [0.05, 0.1) is 24.2 Å². The van der Waals surface area contributed by atoms with Crippen LogP contribution in [-0.4, -0.2) is 32.1 Å². The number of hydrazine groups is 1. The molecule has 0 bridgehead atoms. The van der Waals surface area contributed by atoms with E-state index in [1.807, 2.05) is 56.3 Å². The highest BCUT2D eigenvalue weighted by Gasteiger charge is 2.30. The van der Waals surface area contributed by atoms with Crippen LogP contribution in [0, 0.1) is 0 Å². The number of hydrogen-bond donors (Lipinski definition) is 2. The molecule has 0 aromatic heterocycles. The highest BCUT2D eigenvalue weighted by molar-refractivity contribution is 7.92. The molecule has 0 aliphatic rings. The third kappa shape index (κ3) is 7.04. The van der Waals surface area contributed by atoms with Crippen LogP contribution in [-0.2, 0) is 26.8 Å². The van der Waals surface area contributed by atoms with Gasteiger partial charge < -0.3 is 9.84 Å². The normalized spacial score (nSPS) is 13.2. The Morgan fingerprint density at radius 1 is 1.06 bits per heavy atom. The number of benzene rings is 2. The number of rotatable bonds is 13. The number of sulfonamides is 1. The lowest BCUT2D eigenvalue weighted by Gasteiger charge is -2.32. The van der Waals surface area contributed by atoms with E-state index in [2.05, 4.69) is 12.3 Å². The Morgan fingerprint density at radius 2 is 1.71 bits per heavy atom. The van der Waals surface area contributed by atoms with E-state index < -0.39 is 21.5 Å². The predicted molar refractivity (Wildman–Crippen MR) is 126 cm³/mol. The molecule has 31 heavy (non-hydrogen) atoms. The number of ether oxygens (including phenoxy) is 1. The minimum atomic E-state index is -3.54. The molecule has 7 heteroatoms. The van der Waals surface area contributed by atoms with Gasteiger partial charge in [-0.15, -0.1) is 0 Å². The molecule has 2 aromatic carbocycles. The van der Waals surface area contributed by atoms with Gasteiger partial charge in [-0.2, -0.15) is 5.43 Å². The summed E-state index contributed by atoms with van der Waals surface area (Å²) in [6.45, 7) is 8.18. The van der Waals surface area contributed by atoms with Gasteiger partial charge in [-0.05, 0) is 36.6 Å². The number of aliphatic hydroxyl groups is 1. The Bertz CT molecular complexity index is 884. The van der Waals surface area contributed by atoms with Gasteiger partial charge in [0.15, 0.2) is 0 Å². The maximum absolute atomic E-state index is 12.6. The maximum atomic E-state index is 12.6. The van der Waals surface area contributed by atoms with Crippen molar-refractivity contribution in [2.75, 3.05) is 16.9 Å². The Kier molecular flexibility index (Phi) is 9.50. The van der Waals surface area contributed by atoms with Gasteiger partial charge in [0.1, 0.15) is 6.73 Å². The molecule has 1 unspecified atom stereocenters. The monoisotopic (exact) mass is 448 g/mol. The van der Waals surface area contributed by atoms with Gasteiger partial charge in [-0.3, -0.25) is 0 Å². The second-order valence-corrected chi connectivity index (χ2v) is 10.3. The van der Waals surface area contributed by atoms with Crippen molar-refractivity contribution in [2.45, 2.75) is 65.1 Å². The van der Waals surface area contributed by atoms with Crippen molar-refractivity contribution < 1.29 is 18.3 Å². The lowest BCUT2D eigenvalue weighted by molar-refractivity contribution is 0.0890. The highest BCUT2D eigenvalue weighted by Crippen LogP contribution is 2.31. The molecule has 0 heterocycles. The zero-order valence-corrected chi connectivity index (χ0v) is 19.9. The smallest absolute Gasteiger partial charge is 0.248 e. The van der Waals surface area contributed by atoms with Crippen LogP contribution in [0.15, 0.2) is 54.6 Å². The fourth-order valence-electron chi connectivity index (χ4n) is 3.30. The van der Waals surface area contributed by atoms with Gasteiger partial charge in [-0.25, -0.2) is 12.8 Å². The molecule has 1 atom stereocenters. The maximum Gasteiger partial charge on any atom is 0.248 e. The van der Waals surface area contributed by atoms with Gasteiger partial charge in [0.2, 0.25) is 10.0 Å². The second-order valence-electron chi connectivity index (χ2n) is 8.23. The summed E-state index contributed by atoms with van der Waals surface area (Å²) in [5.41, 5.74) is 4.95. The first-order valence-electron chi connectivity index (χ1n) is 10.9. The molecule has 172 valence electrons. The number of hydrogen-bond acceptors (Lipinski definition) is 5. The molecule has 0 aliphatic carbocycles. The van der Waals surface area contributed by atoms with Crippen LogP contribution in [0.1, 0.15) is 58.1 Å². The van der Waals surface area contributed by atoms with E-state index in [4.69, 9.17) is 4.74 Å². The first kappa shape index (κ1) is 25.3. The van der Waals surface area contributed by atoms with Crippen LogP contribution in [0.2, 0.25) is 0 Å². The second kappa shape index (κ2) is 11.6. The molecule has 0 saturated heterocycles. The standard InChI is InChI=1S/C24H36N2O4S/c1-5-7-13-23(27)24(3,4)21-14-16-22(17-15-21)26(31(28,29)6-2)25-19-30-18-20-11-9-8-10-12-20/h8-12,14-17,23,25,27H,5-7,13,18-19H2,1-4H3. The molecule has 0 amide bonds. The van der Waals surface area contributed by atoms with Crippen LogP contribution < -0.4 is 9.84 Å². The van der Waals surface area contributed by atoms with Crippen molar-refractivity contribution in [3.63, 3.8) is 0 Å². The largest absolute Gasteiger partial charge is 0.392 e. The SMILES string of the molecule is CCCCC(O)C(C)(C)c1ccc(N(NCOCc2ccccc2)S(=O)(=O)CC)cc1. The summed E-state index contributed by atoms with van der Waals surface area (Å²) >= 11 is 0. The van der Waals surface area contributed by atoms with Crippen molar-refractivity contribution in [3.8, 4) is 0 Å². The van der Waals surface area contributed by atoms with Crippen molar-refractivity contribution in [1.82, 2.24) is 5.43 Å². The molecule has 0 spiro atoms. The summed E-state index contributed by atoms with van der Waals surface area (Å²) in [6.07, 6.45) is 2.28. The summed E-state index contributed by atoms with van der Waals surface area (Å²) in [6, 6.07) is 17.0. The van der Waals surface area contributed by atoms with Crippen LogP contribution in [0.4, 0.5) is 5.69 Å². The molecule has 2 N–H and O–H groups in total. The zero-order valence-electron chi connectivity index (χ0n) is 19.0. The van der Waals surface area contributed by atoms with Crippen LogP contribution in [0.5, 0.6) is 0 Å². The minimum Gasteiger partial charge on any atom is -0.392 e. The van der Waals surface area contributed by atoms with E-state index in [1.165, 1.54) is 4.41 Å². The molecule has 2 aromatic rings. The Labute approximate surface area is 187 Å². The number of nitrogens with one attached hydrogen (secondary N) is 1. The first-order chi connectivity index (χ1) is 14.7. The Morgan fingerprint density at radius 3 is 2.29 bits per heavy atom. The molecule has 0 fully saturated rings. The van der Waals surface area contributed by atoms with Gasteiger partial charge >= 0.3 is 0 Å². The van der Waals surface area contributed by atoms with E-state index in [1.54, 1.807) is 19.1 Å². The number of aliphatic hydroxyl groups excluding tert-OH is 1. The molecule has 0 radical (unpaired) electrons. The summed E-state index contributed by atoms with van der Waals surface area (Å²) in [7, 11) is -3.54. The van der Waals surface area contributed by atoms with E-state index >= 15 is 0 Å².